The third-order valence-corrected chi connectivity index (χ3v) is 4.83. The average Bonchev–Trinajstić information content (AvgIpc) is 2.76. The summed E-state index contributed by atoms with van der Waals surface area (Å²) in [6.45, 7) is 1.29. The molecule has 1 saturated carbocycles. The Labute approximate surface area is 129 Å². The van der Waals surface area contributed by atoms with Crippen LogP contribution in [0.5, 0.6) is 0 Å². The number of aromatic nitrogens is 2. The zero-order valence-corrected chi connectivity index (χ0v) is 13.8. The Kier molecular flexibility index (Phi) is 6.52. The molecule has 1 aliphatic rings. The highest BCUT2D eigenvalue weighted by atomic mass is 79.9. The Balaban J connectivity index is 2.09. The number of hydrogen-bond acceptors (Lipinski definition) is 3. The number of rotatable bonds is 5. The summed E-state index contributed by atoms with van der Waals surface area (Å²) in [6.07, 6.45) is 9.97. The summed E-state index contributed by atoms with van der Waals surface area (Å²) in [5.74, 6) is 0.351. The fraction of sp³-hybridized carbons (Fsp3) is 0.800. The zero-order chi connectivity index (χ0) is 14.4. The minimum absolute atomic E-state index is 0.351. The SMILES string of the molecule is COCCn1ncc(Br)c1C(O)C1CCCCCCC1. The molecule has 0 amide bonds. The van der Waals surface area contributed by atoms with Crippen LogP contribution < -0.4 is 0 Å². The van der Waals surface area contributed by atoms with Crippen LogP contribution in [0.1, 0.15) is 56.7 Å². The molecule has 20 heavy (non-hydrogen) atoms. The van der Waals surface area contributed by atoms with Gasteiger partial charge in [0.2, 0.25) is 0 Å². The van der Waals surface area contributed by atoms with Gasteiger partial charge in [0, 0.05) is 7.11 Å². The van der Waals surface area contributed by atoms with E-state index in [1.54, 1.807) is 13.3 Å². The van der Waals surface area contributed by atoms with Crippen molar-refractivity contribution in [1.82, 2.24) is 9.78 Å². The molecule has 5 heteroatoms. The first-order valence-electron chi connectivity index (χ1n) is 7.62. The topological polar surface area (TPSA) is 47.3 Å². The first-order chi connectivity index (χ1) is 9.74. The summed E-state index contributed by atoms with van der Waals surface area (Å²) >= 11 is 3.53. The highest BCUT2D eigenvalue weighted by Crippen LogP contribution is 2.35. The van der Waals surface area contributed by atoms with Crippen LogP contribution in [0.25, 0.3) is 0 Å². The standard InChI is InChI=1S/C15H25BrN2O2/c1-20-10-9-18-14(13(16)11-17-18)15(19)12-7-5-3-2-4-6-8-12/h11-12,15,19H,2-10H2,1H3. The number of halogens is 1. The van der Waals surface area contributed by atoms with Gasteiger partial charge in [0.1, 0.15) is 0 Å². The van der Waals surface area contributed by atoms with Crippen molar-refractivity contribution in [2.24, 2.45) is 5.92 Å². The molecule has 0 aliphatic heterocycles. The van der Waals surface area contributed by atoms with Gasteiger partial charge in [-0.3, -0.25) is 4.68 Å². The lowest BCUT2D eigenvalue weighted by Gasteiger charge is -2.25. The molecule has 0 radical (unpaired) electrons. The summed E-state index contributed by atoms with van der Waals surface area (Å²) < 4.78 is 7.89. The van der Waals surface area contributed by atoms with Crippen LogP contribution in [0.4, 0.5) is 0 Å². The Bertz CT molecular complexity index is 401. The number of hydrogen-bond donors (Lipinski definition) is 1. The number of methoxy groups -OCH3 is 1. The fourth-order valence-corrected chi connectivity index (χ4v) is 3.58. The summed E-state index contributed by atoms with van der Waals surface area (Å²) in [6, 6.07) is 0. The smallest absolute Gasteiger partial charge is 0.0996 e. The second-order valence-corrected chi connectivity index (χ2v) is 6.50. The van der Waals surface area contributed by atoms with Crippen molar-refractivity contribution in [3.8, 4) is 0 Å². The molecule has 1 atom stereocenters. The second-order valence-electron chi connectivity index (χ2n) is 5.64. The second kappa shape index (κ2) is 8.15. The van der Waals surface area contributed by atoms with Gasteiger partial charge in [-0.25, -0.2) is 0 Å². The normalized spacial score (nSPS) is 19.6. The van der Waals surface area contributed by atoms with Crippen LogP contribution in [0.2, 0.25) is 0 Å². The van der Waals surface area contributed by atoms with Crippen LogP contribution in [0.15, 0.2) is 10.7 Å². The maximum Gasteiger partial charge on any atom is 0.0996 e. The van der Waals surface area contributed by atoms with Crippen molar-refractivity contribution < 1.29 is 9.84 Å². The summed E-state index contributed by atoms with van der Waals surface area (Å²) in [5.41, 5.74) is 0.910. The molecule has 1 aliphatic carbocycles. The van der Waals surface area contributed by atoms with E-state index in [-0.39, 0.29) is 0 Å². The maximum atomic E-state index is 10.8. The molecule has 1 fully saturated rings. The highest BCUT2D eigenvalue weighted by molar-refractivity contribution is 9.10. The van der Waals surface area contributed by atoms with E-state index in [0.717, 1.165) is 23.0 Å². The summed E-state index contributed by atoms with van der Waals surface area (Å²) in [5, 5.41) is 15.1. The number of nitrogens with zero attached hydrogens (tertiary/aromatic N) is 2. The summed E-state index contributed by atoms with van der Waals surface area (Å²) in [4.78, 5) is 0. The highest BCUT2D eigenvalue weighted by Gasteiger charge is 2.26. The predicted octanol–water partition coefficient (Wildman–Crippen LogP) is 3.69. The molecule has 4 nitrogen and oxygen atoms in total. The largest absolute Gasteiger partial charge is 0.386 e. The average molecular weight is 345 g/mol. The minimum Gasteiger partial charge on any atom is -0.386 e. The van der Waals surface area contributed by atoms with Gasteiger partial charge in [0.15, 0.2) is 0 Å². The predicted molar refractivity (Wildman–Crippen MR) is 82.6 cm³/mol. The minimum atomic E-state index is -0.429. The van der Waals surface area contributed by atoms with Gasteiger partial charge in [-0.1, -0.05) is 32.1 Å². The van der Waals surface area contributed by atoms with Gasteiger partial charge < -0.3 is 9.84 Å². The van der Waals surface area contributed by atoms with Crippen LogP contribution >= 0.6 is 15.9 Å². The first-order valence-corrected chi connectivity index (χ1v) is 8.41. The van der Waals surface area contributed by atoms with Crippen molar-refractivity contribution in [2.45, 2.75) is 57.6 Å². The van der Waals surface area contributed by atoms with E-state index in [1.165, 1.54) is 32.1 Å². The van der Waals surface area contributed by atoms with E-state index < -0.39 is 6.10 Å². The fourth-order valence-electron chi connectivity index (χ4n) is 3.05. The molecule has 1 aromatic heterocycles. The first kappa shape index (κ1) is 16.0. The molecule has 114 valence electrons. The van der Waals surface area contributed by atoms with Gasteiger partial charge in [-0.15, -0.1) is 0 Å². The third kappa shape index (κ3) is 4.06. The van der Waals surface area contributed by atoms with Crippen molar-refractivity contribution in [1.29, 1.82) is 0 Å². The lowest BCUT2D eigenvalue weighted by Crippen LogP contribution is -2.20. The van der Waals surface area contributed by atoms with E-state index in [4.69, 9.17) is 4.74 Å². The van der Waals surface area contributed by atoms with Gasteiger partial charge in [-0.05, 0) is 34.7 Å². The molecule has 1 unspecified atom stereocenters. The van der Waals surface area contributed by atoms with Crippen molar-refractivity contribution in [3.05, 3.63) is 16.4 Å². The van der Waals surface area contributed by atoms with Crippen LogP contribution in [-0.2, 0) is 11.3 Å². The van der Waals surface area contributed by atoms with Crippen molar-refractivity contribution in [3.63, 3.8) is 0 Å². The van der Waals surface area contributed by atoms with Crippen molar-refractivity contribution in [2.75, 3.05) is 13.7 Å². The molecule has 0 saturated heterocycles. The maximum absolute atomic E-state index is 10.8. The molecular weight excluding hydrogens is 320 g/mol. The molecule has 0 bridgehead atoms. The van der Waals surface area contributed by atoms with Crippen LogP contribution in [-0.4, -0.2) is 28.6 Å². The van der Waals surface area contributed by atoms with E-state index >= 15 is 0 Å². The molecule has 0 aromatic carbocycles. The lowest BCUT2D eigenvalue weighted by atomic mass is 9.86. The molecule has 2 rings (SSSR count). The lowest BCUT2D eigenvalue weighted by molar-refractivity contribution is 0.0799. The Morgan fingerprint density at radius 2 is 2.00 bits per heavy atom. The molecule has 0 spiro atoms. The quantitative estimate of drug-likeness (QED) is 0.885. The number of ether oxygens (including phenoxy) is 1. The Morgan fingerprint density at radius 1 is 1.35 bits per heavy atom. The summed E-state index contributed by atoms with van der Waals surface area (Å²) in [7, 11) is 1.68. The van der Waals surface area contributed by atoms with E-state index in [2.05, 4.69) is 21.0 Å². The van der Waals surface area contributed by atoms with Gasteiger partial charge >= 0.3 is 0 Å². The molecule has 1 heterocycles. The zero-order valence-electron chi connectivity index (χ0n) is 12.2. The number of aliphatic hydroxyl groups is 1. The Hall–Kier alpha value is -0.390. The third-order valence-electron chi connectivity index (χ3n) is 4.22. The molecule has 1 aromatic rings. The van der Waals surface area contributed by atoms with Gasteiger partial charge in [0.25, 0.3) is 0 Å². The molecular formula is C15H25BrN2O2. The van der Waals surface area contributed by atoms with E-state index in [0.29, 0.717) is 19.1 Å². The van der Waals surface area contributed by atoms with Gasteiger partial charge in [0.05, 0.1) is 35.6 Å². The number of aliphatic hydroxyl groups excluding tert-OH is 1. The van der Waals surface area contributed by atoms with Gasteiger partial charge in [-0.2, -0.15) is 5.10 Å². The van der Waals surface area contributed by atoms with Crippen molar-refractivity contribution >= 4 is 15.9 Å². The van der Waals surface area contributed by atoms with Crippen LogP contribution in [0.3, 0.4) is 0 Å². The van der Waals surface area contributed by atoms with E-state index in [9.17, 15) is 5.11 Å². The van der Waals surface area contributed by atoms with Crippen LogP contribution in [0, 0.1) is 5.92 Å². The molecule has 1 N–H and O–H groups in total. The monoisotopic (exact) mass is 344 g/mol. The van der Waals surface area contributed by atoms with E-state index in [1.807, 2.05) is 4.68 Å². The Morgan fingerprint density at radius 3 is 2.65 bits per heavy atom.